The number of aliphatic hydroxyl groups excluding tert-OH is 1. The first-order valence-corrected chi connectivity index (χ1v) is 16.9. The number of hydrogen-bond donors (Lipinski definition) is 2. The van der Waals surface area contributed by atoms with Crippen molar-refractivity contribution >= 4 is 23.7 Å². The van der Waals surface area contributed by atoms with Crippen LogP contribution in [0.2, 0.25) is 0 Å². The summed E-state index contributed by atoms with van der Waals surface area (Å²) < 4.78 is 12.7. The molecule has 1 aromatic carbocycles. The van der Waals surface area contributed by atoms with Crippen LogP contribution in [0.15, 0.2) is 55.6 Å². The molecule has 0 aromatic heterocycles. The van der Waals surface area contributed by atoms with Crippen LogP contribution >= 0.6 is 0 Å². The first-order valence-electron chi connectivity index (χ1n) is 16.9. The number of likely N-dealkylation sites (tertiary alicyclic amines) is 1. The number of unbranched alkanes of at least 4 members (excludes halogenated alkanes) is 4. The highest BCUT2D eigenvalue weighted by Crippen LogP contribution is 2.59. The summed E-state index contributed by atoms with van der Waals surface area (Å²) in [5, 5.41) is 12.2. The molecule has 0 aliphatic carbocycles. The summed E-state index contributed by atoms with van der Waals surface area (Å²) in [4.78, 5) is 58.6. The largest absolute Gasteiger partial charge is 0.455 e. The van der Waals surface area contributed by atoms with Crippen molar-refractivity contribution in [1.82, 2.24) is 15.1 Å². The molecule has 10 nitrogen and oxygen atoms in total. The third-order valence-corrected chi connectivity index (χ3v) is 9.55. The van der Waals surface area contributed by atoms with Crippen LogP contribution in [0, 0.1) is 11.8 Å². The van der Waals surface area contributed by atoms with Gasteiger partial charge in [0.2, 0.25) is 17.7 Å². The van der Waals surface area contributed by atoms with Crippen LogP contribution < -0.4 is 5.32 Å². The highest BCUT2D eigenvalue weighted by molar-refractivity contribution is 5.98. The third-order valence-electron chi connectivity index (χ3n) is 9.55. The van der Waals surface area contributed by atoms with Gasteiger partial charge in [0.1, 0.15) is 17.7 Å². The lowest BCUT2D eigenvalue weighted by molar-refractivity contribution is -0.160. The van der Waals surface area contributed by atoms with Gasteiger partial charge in [-0.3, -0.25) is 19.2 Å². The average molecular weight is 638 g/mol. The summed E-state index contributed by atoms with van der Waals surface area (Å²) in [7, 11) is 0. The van der Waals surface area contributed by atoms with Gasteiger partial charge in [0, 0.05) is 32.7 Å². The second-order valence-corrected chi connectivity index (χ2v) is 12.6. The second kappa shape index (κ2) is 16.9. The Hall–Kier alpha value is -3.50. The van der Waals surface area contributed by atoms with E-state index in [4.69, 9.17) is 9.47 Å². The Labute approximate surface area is 273 Å². The average Bonchev–Trinajstić information content (AvgIpc) is 3.71. The second-order valence-electron chi connectivity index (χ2n) is 12.6. The number of amides is 3. The summed E-state index contributed by atoms with van der Waals surface area (Å²) in [6.07, 6.45) is 8.69. The smallest absolute Gasteiger partial charge is 0.313 e. The molecule has 0 radical (unpaired) electrons. The summed E-state index contributed by atoms with van der Waals surface area (Å²) >= 11 is 0. The number of carbonyl (C=O) groups excluding carboxylic acids is 4. The molecule has 0 unspecified atom stereocenters. The molecule has 3 fully saturated rings. The number of nitrogens with one attached hydrogen (secondary N) is 1. The first-order chi connectivity index (χ1) is 22.3. The van der Waals surface area contributed by atoms with E-state index < -0.39 is 41.7 Å². The third kappa shape index (κ3) is 7.72. The molecule has 3 saturated heterocycles. The number of rotatable bonds is 20. The van der Waals surface area contributed by atoms with Crippen molar-refractivity contribution in [3.63, 3.8) is 0 Å². The van der Waals surface area contributed by atoms with Crippen LogP contribution in [0.1, 0.15) is 82.8 Å². The van der Waals surface area contributed by atoms with Gasteiger partial charge < -0.3 is 29.7 Å². The zero-order valence-corrected chi connectivity index (χ0v) is 27.2. The van der Waals surface area contributed by atoms with Crippen LogP contribution in [-0.4, -0.2) is 89.1 Å². The van der Waals surface area contributed by atoms with Gasteiger partial charge in [-0.2, -0.15) is 0 Å². The standard InChI is InChI=1S/C36H51N3O7/c1-4-7-13-22-38(21-6-3)34(43)32-36-20-19-27(46-36)30(31(36)33(42)39(32)23-14-10-15-24-40)35(44)45-28(26-16-11-9-12-17-26)25-37-29(41)18-8-5-2/h5-6,9,11-12,16-17,27-28,30-32,40H,2-4,7-8,10,13-15,18-25H2,1H3,(H,37,41)/t27-,28-,30+,31+,32-,36+/m1/s1. The Morgan fingerprint density at radius 2 is 1.93 bits per heavy atom. The molecule has 4 rings (SSSR count). The Balaban J connectivity index is 1.60. The van der Waals surface area contributed by atoms with E-state index in [1.807, 2.05) is 30.3 Å². The molecule has 2 N–H and O–H groups in total. The normalized spacial score (nSPS) is 25.2. The van der Waals surface area contributed by atoms with Crippen molar-refractivity contribution in [3.05, 3.63) is 61.2 Å². The van der Waals surface area contributed by atoms with E-state index in [1.54, 1.807) is 22.0 Å². The molecule has 2 bridgehead atoms. The maximum absolute atomic E-state index is 14.4. The zero-order valence-electron chi connectivity index (χ0n) is 27.2. The number of fused-ring (bicyclic) bond motifs is 1. The van der Waals surface area contributed by atoms with E-state index in [-0.39, 0.29) is 37.3 Å². The Morgan fingerprint density at radius 1 is 1.15 bits per heavy atom. The SMILES string of the molecule is C=CCCC(=O)NC[C@@H](OC(=O)[C@@H]1[C@H]2C(=O)N(CCCCCO)[C@H](C(=O)N(CC=C)CCCCC)[C@]23CC[C@H]1O3)c1ccccc1. The van der Waals surface area contributed by atoms with E-state index >= 15 is 0 Å². The molecule has 3 aliphatic rings. The van der Waals surface area contributed by atoms with E-state index in [0.29, 0.717) is 58.2 Å². The van der Waals surface area contributed by atoms with Crippen molar-refractivity contribution in [2.24, 2.45) is 11.8 Å². The van der Waals surface area contributed by atoms with Crippen LogP contribution in [0.25, 0.3) is 0 Å². The molecule has 3 amide bonds. The van der Waals surface area contributed by atoms with E-state index in [2.05, 4.69) is 25.4 Å². The number of aliphatic hydroxyl groups is 1. The number of benzene rings is 1. The van der Waals surface area contributed by atoms with Gasteiger partial charge in [-0.1, -0.05) is 62.2 Å². The first kappa shape index (κ1) is 35.4. The fourth-order valence-electron chi connectivity index (χ4n) is 7.33. The van der Waals surface area contributed by atoms with Gasteiger partial charge >= 0.3 is 5.97 Å². The summed E-state index contributed by atoms with van der Waals surface area (Å²) in [5.41, 5.74) is -0.396. The fraction of sp³-hybridized carbons (Fsp3) is 0.611. The van der Waals surface area contributed by atoms with Crippen molar-refractivity contribution in [2.45, 2.75) is 95.0 Å². The van der Waals surface area contributed by atoms with Crippen molar-refractivity contribution in [2.75, 3.05) is 32.8 Å². The van der Waals surface area contributed by atoms with Gasteiger partial charge in [-0.05, 0) is 50.5 Å². The lowest BCUT2D eigenvalue weighted by atomic mass is 9.70. The van der Waals surface area contributed by atoms with Gasteiger partial charge in [0.25, 0.3) is 0 Å². The van der Waals surface area contributed by atoms with Gasteiger partial charge in [0.05, 0.1) is 24.5 Å². The van der Waals surface area contributed by atoms with E-state index in [1.165, 1.54) is 0 Å². The number of hydrogen-bond acceptors (Lipinski definition) is 7. The fourth-order valence-corrected chi connectivity index (χ4v) is 7.33. The molecule has 1 aromatic rings. The summed E-state index contributed by atoms with van der Waals surface area (Å²) in [6.45, 7) is 11.0. The molecule has 10 heteroatoms. The molecular weight excluding hydrogens is 586 g/mol. The van der Waals surface area contributed by atoms with Gasteiger partial charge in [0.15, 0.2) is 0 Å². The van der Waals surface area contributed by atoms with Crippen LogP contribution in [-0.2, 0) is 28.7 Å². The molecule has 46 heavy (non-hydrogen) atoms. The zero-order chi connectivity index (χ0) is 33.1. The Morgan fingerprint density at radius 3 is 2.63 bits per heavy atom. The molecule has 3 heterocycles. The van der Waals surface area contributed by atoms with Crippen LogP contribution in [0.4, 0.5) is 0 Å². The number of carbonyl (C=O) groups is 4. The minimum absolute atomic E-state index is 0.0589. The predicted octanol–water partition coefficient (Wildman–Crippen LogP) is 4.10. The number of nitrogens with zero attached hydrogens (tertiary/aromatic N) is 2. The van der Waals surface area contributed by atoms with E-state index in [9.17, 15) is 24.3 Å². The van der Waals surface area contributed by atoms with E-state index in [0.717, 1.165) is 24.8 Å². The Kier molecular flexibility index (Phi) is 13.0. The minimum atomic E-state index is -1.12. The lowest BCUT2D eigenvalue weighted by Gasteiger charge is -2.37. The van der Waals surface area contributed by atoms with Gasteiger partial charge in [-0.25, -0.2) is 0 Å². The molecular formula is C36H51N3O7. The molecule has 1 spiro atoms. The lowest BCUT2D eigenvalue weighted by Crippen LogP contribution is -2.56. The van der Waals surface area contributed by atoms with Crippen molar-refractivity contribution < 1.29 is 33.8 Å². The Bertz CT molecular complexity index is 1220. The maximum Gasteiger partial charge on any atom is 0.313 e. The summed E-state index contributed by atoms with van der Waals surface area (Å²) in [6, 6.07) is 8.36. The minimum Gasteiger partial charge on any atom is -0.455 e. The monoisotopic (exact) mass is 637 g/mol. The number of esters is 1. The quantitative estimate of drug-likeness (QED) is 0.125. The predicted molar refractivity (Wildman–Crippen MR) is 174 cm³/mol. The number of ether oxygens (including phenoxy) is 2. The highest BCUT2D eigenvalue weighted by Gasteiger charge is 2.75. The molecule has 252 valence electrons. The van der Waals surface area contributed by atoms with Crippen LogP contribution in [0.3, 0.4) is 0 Å². The van der Waals surface area contributed by atoms with Crippen molar-refractivity contribution in [3.8, 4) is 0 Å². The van der Waals surface area contributed by atoms with Gasteiger partial charge in [-0.15, -0.1) is 13.2 Å². The van der Waals surface area contributed by atoms with Crippen LogP contribution in [0.5, 0.6) is 0 Å². The topological polar surface area (TPSA) is 125 Å². The summed E-state index contributed by atoms with van der Waals surface area (Å²) in [5.74, 6) is -2.87. The maximum atomic E-state index is 14.4. The molecule has 3 aliphatic heterocycles. The number of allylic oxidation sites excluding steroid dienone is 1. The molecule has 0 saturated carbocycles. The molecule has 6 atom stereocenters. The van der Waals surface area contributed by atoms with Crippen molar-refractivity contribution in [1.29, 1.82) is 0 Å². The highest BCUT2D eigenvalue weighted by atomic mass is 16.6.